The number of hydrogen-bond acceptors (Lipinski definition) is 4. The van der Waals surface area contributed by atoms with Crippen molar-refractivity contribution in [2.75, 3.05) is 0 Å². The quantitative estimate of drug-likeness (QED) is 0.777. The average Bonchev–Trinajstić information content (AvgIpc) is 3.05. The van der Waals surface area contributed by atoms with E-state index in [1.165, 1.54) is 6.20 Å². The van der Waals surface area contributed by atoms with Gasteiger partial charge in [-0.15, -0.1) is 0 Å². The Morgan fingerprint density at radius 1 is 1.23 bits per heavy atom. The van der Waals surface area contributed by atoms with Crippen LogP contribution in [-0.4, -0.2) is 30.7 Å². The monoisotopic (exact) mass is 359 g/mol. The second kappa shape index (κ2) is 6.59. The van der Waals surface area contributed by atoms with Gasteiger partial charge >= 0.3 is 0 Å². The Kier molecular flexibility index (Phi) is 4.26. The average molecular weight is 359 g/mol. The van der Waals surface area contributed by atoms with Crippen molar-refractivity contribution in [3.63, 3.8) is 0 Å². The van der Waals surface area contributed by atoms with Gasteiger partial charge in [-0.2, -0.15) is 5.10 Å². The molecule has 1 N–H and O–H groups in total. The fourth-order valence-electron chi connectivity index (χ4n) is 3.43. The van der Waals surface area contributed by atoms with Gasteiger partial charge in [-0.05, 0) is 31.4 Å². The zero-order chi connectivity index (χ0) is 18.1. The first-order chi connectivity index (χ1) is 12.5. The standard InChI is InChI=1S/C18H19F2N5O/c19-18(20)8-6-13(7-9-18)25-16-14(11-22-25)17(26)24-15(23-16)5-4-12-3-1-2-10-21-12/h1-3,10-11,13H,4-9H2,(H,23,24,26). The summed E-state index contributed by atoms with van der Waals surface area (Å²) in [5.41, 5.74) is 1.14. The van der Waals surface area contributed by atoms with E-state index in [1.54, 1.807) is 10.9 Å². The first-order valence-corrected chi connectivity index (χ1v) is 8.76. The number of alkyl halides is 2. The lowest BCUT2D eigenvalue weighted by atomic mass is 9.92. The van der Waals surface area contributed by atoms with Gasteiger partial charge < -0.3 is 4.98 Å². The van der Waals surface area contributed by atoms with Gasteiger partial charge in [-0.1, -0.05) is 6.07 Å². The Labute approximate surface area is 148 Å². The molecule has 0 aliphatic heterocycles. The predicted molar refractivity (Wildman–Crippen MR) is 92.2 cm³/mol. The SMILES string of the molecule is O=c1[nH]c(CCc2ccccn2)nc2c1cnn2C1CCC(F)(F)CC1. The van der Waals surface area contributed by atoms with Crippen LogP contribution in [0.15, 0.2) is 35.4 Å². The molecule has 0 saturated heterocycles. The number of aryl methyl sites for hydroxylation is 2. The van der Waals surface area contributed by atoms with Gasteiger partial charge in [0.15, 0.2) is 5.65 Å². The summed E-state index contributed by atoms with van der Waals surface area (Å²) in [4.78, 5) is 23.9. The second-order valence-electron chi connectivity index (χ2n) is 6.75. The van der Waals surface area contributed by atoms with Crippen molar-refractivity contribution in [1.29, 1.82) is 0 Å². The van der Waals surface area contributed by atoms with E-state index in [2.05, 4.69) is 20.1 Å². The predicted octanol–water partition coefficient (Wildman–Crippen LogP) is 3.05. The van der Waals surface area contributed by atoms with Gasteiger partial charge in [-0.25, -0.2) is 18.4 Å². The highest BCUT2D eigenvalue weighted by Crippen LogP contribution is 2.38. The maximum Gasteiger partial charge on any atom is 0.262 e. The minimum atomic E-state index is -2.60. The largest absolute Gasteiger partial charge is 0.310 e. The van der Waals surface area contributed by atoms with Crippen LogP contribution in [0.3, 0.4) is 0 Å². The Balaban J connectivity index is 1.60. The van der Waals surface area contributed by atoms with Crippen LogP contribution in [0.25, 0.3) is 11.0 Å². The number of halogens is 2. The fourth-order valence-corrected chi connectivity index (χ4v) is 3.43. The molecule has 4 rings (SSSR count). The van der Waals surface area contributed by atoms with Crippen LogP contribution in [0.4, 0.5) is 8.78 Å². The molecule has 0 amide bonds. The number of nitrogens with one attached hydrogen (secondary N) is 1. The highest BCUT2D eigenvalue weighted by atomic mass is 19.3. The van der Waals surface area contributed by atoms with Gasteiger partial charge in [0.2, 0.25) is 5.92 Å². The van der Waals surface area contributed by atoms with Crippen LogP contribution in [-0.2, 0) is 12.8 Å². The smallest absolute Gasteiger partial charge is 0.262 e. The molecule has 0 atom stereocenters. The summed E-state index contributed by atoms with van der Waals surface area (Å²) in [5.74, 6) is -2.05. The second-order valence-corrected chi connectivity index (χ2v) is 6.75. The summed E-state index contributed by atoms with van der Waals surface area (Å²) in [6, 6.07) is 5.53. The van der Waals surface area contributed by atoms with E-state index in [-0.39, 0.29) is 24.4 Å². The van der Waals surface area contributed by atoms with Crippen LogP contribution in [0.2, 0.25) is 0 Å². The summed E-state index contributed by atoms with van der Waals surface area (Å²) in [7, 11) is 0. The Morgan fingerprint density at radius 2 is 2.04 bits per heavy atom. The van der Waals surface area contributed by atoms with E-state index in [0.717, 1.165) is 5.69 Å². The Hall–Kier alpha value is -2.64. The summed E-state index contributed by atoms with van der Waals surface area (Å²) >= 11 is 0. The molecule has 3 aromatic heterocycles. The number of H-pyrrole nitrogens is 1. The highest BCUT2D eigenvalue weighted by molar-refractivity contribution is 5.73. The normalized spacial score (nSPS) is 17.6. The molecule has 0 spiro atoms. The molecule has 1 saturated carbocycles. The maximum atomic E-state index is 13.4. The molecular formula is C18H19F2N5O. The van der Waals surface area contributed by atoms with Crippen molar-refractivity contribution in [2.45, 2.75) is 50.5 Å². The van der Waals surface area contributed by atoms with E-state index in [4.69, 9.17) is 0 Å². The summed E-state index contributed by atoms with van der Waals surface area (Å²) < 4.78 is 28.5. The first kappa shape index (κ1) is 16.8. The molecule has 1 fully saturated rings. The first-order valence-electron chi connectivity index (χ1n) is 8.76. The van der Waals surface area contributed by atoms with E-state index in [0.29, 0.717) is 42.5 Å². The van der Waals surface area contributed by atoms with Gasteiger partial charge in [0.25, 0.3) is 5.56 Å². The topological polar surface area (TPSA) is 76.5 Å². The molecule has 3 aromatic rings. The van der Waals surface area contributed by atoms with Crippen molar-refractivity contribution in [3.05, 3.63) is 52.5 Å². The summed E-state index contributed by atoms with van der Waals surface area (Å²) in [6.45, 7) is 0. The highest BCUT2D eigenvalue weighted by Gasteiger charge is 2.36. The molecule has 3 heterocycles. The summed E-state index contributed by atoms with van der Waals surface area (Å²) in [6.07, 6.45) is 4.74. The Bertz CT molecular complexity index is 957. The minimum absolute atomic E-state index is 0.148. The zero-order valence-electron chi connectivity index (χ0n) is 14.2. The Morgan fingerprint density at radius 3 is 2.77 bits per heavy atom. The lowest BCUT2D eigenvalue weighted by Gasteiger charge is -2.28. The lowest BCUT2D eigenvalue weighted by Crippen LogP contribution is -2.27. The number of rotatable bonds is 4. The molecule has 26 heavy (non-hydrogen) atoms. The molecule has 0 unspecified atom stereocenters. The number of fused-ring (bicyclic) bond motifs is 1. The van der Waals surface area contributed by atoms with E-state index >= 15 is 0 Å². The van der Waals surface area contributed by atoms with Crippen molar-refractivity contribution in [2.24, 2.45) is 0 Å². The third-order valence-corrected chi connectivity index (χ3v) is 4.89. The number of aromatic amines is 1. The van der Waals surface area contributed by atoms with Crippen molar-refractivity contribution < 1.29 is 8.78 Å². The molecule has 1 aliphatic carbocycles. The third kappa shape index (κ3) is 3.36. The fraction of sp³-hybridized carbons (Fsp3) is 0.444. The van der Waals surface area contributed by atoms with Gasteiger partial charge in [0.05, 0.1) is 12.2 Å². The number of aromatic nitrogens is 5. The van der Waals surface area contributed by atoms with Gasteiger partial charge in [0, 0.05) is 31.2 Å². The van der Waals surface area contributed by atoms with E-state index < -0.39 is 5.92 Å². The summed E-state index contributed by atoms with van der Waals surface area (Å²) in [5, 5.41) is 4.66. The van der Waals surface area contributed by atoms with Crippen LogP contribution < -0.4 is 5.56 Å². The van der Waals surface area contributed by atoms with Crippen LogP contribution in [0.5, 0.6) is 0 Å². The number of nitrogens with zero attached hydrogens (tertiary/aromatic N) is 4. The van der Waals surface area contributed by atoms with Crippen LogP contribution >= 0.6 is 0 Å². The van der Waals surface area contributed by atoms with Crippen molar-refractivity contribution >= 4 is 11.0 Å². The molecule has 1 aliphatic rings. The molecule has 0 bridgehead atoms. The number of pyridine rings is 1. The molecule has 0 aromatic carbocycles. The van der Waals surface area contributed by atoms with E-state index in [9.17, 15) is 13.6 Å². The molecule has 0 radical (unpaired) electrons. The molecular weight excluding hydrogens is 340 g/mol. The van der Waals surface area contributed by atoms with Crippen LogP contribution in [0, 0.1) is 0 Å². The lowest BCUT2D eigenvalue weighted by molar-refractivity contribution is -0.0446. The molecule has 136 valence electrons. The van der Waals surface area contributed by atoms with E-state index in [1.807, 2.05) is 18.2 Å². The molecule has 8 heteroatoms. The minimum Gasteiger partial charge on any atom is -0.310 e. The van der Waals surface area contributed by atoms with Crippen LogP contribution in [0.1, 0.15) is 43.2 Å². The van der Waals surface area contributed by atoms with Crippen molar-refractivity contribution in [1.82, 2.24) is 24.7 Å². The third-order valence-electron chi connectivity index (χ3n) is 4.89. The number of hydrogen-bond donors (Lipinski definition) is 1. The maximum absolute atomic E-state index is 13.4. The van der Waals surface area contributed by atoms with Gasteiger partial charge in [-0.3, -0.25) is 9.78 Å². The van der Waals surface area contributed by atoms with Gasteiger partial charge in [0.1, 0.15) is 11.2 Å². The van der Waals surface area contributed by atoms with Crippen molar-refractivity contribution in [3.8, 4) is 0 Å². The molecule has 6 nitrogen and oxygen atoms in total. The zero-order valence-corrected chi connectivity index (χ0v) is 14.2.